The molecular weight excluding hydrogens is 298 g/mol. The molecule has 0 bridgehead atoms. The van der Waals surface area contributed by atoms with Crippen molar-refractivity contribution in [1.82, 2.24) is 14.8 Å². The van der Waals surface area contributed by atoms with Crippen molar-refractivity contribution in [2.75, 3.05) is 7.11 Å². The number of hydrogen-bond donors (Lipinski definition) is 0. The lowest BCUT2D eigenvalue weighted by atomic mass is 9.85. The van der Waals surface area contributed by atoms with Crippen LogP contribution in [0, 0.1) is 5.92 Å². The van der Waals surface area contributed by atoms with E-state index in [1.165, 1.54) is 19.3 Å². The molecule has 4 rings (SSSR count). The van der Waals surface area contributed by atoms with E-state index in [0.717, 1.165) is 41.0 Å². The summed E-state index contributed by atoms with van der Waals surface area (Å²) in [6, 6.07) is 18.2. The van der Waals surface area contributed by atoms with E-state index >= 15 is 0 Å². The molecule has 3 aromatic rings. The first-order chi connectivity index (χ1) is 11.8. The van der Waals surface area contributed by atoms with Crippen LogP contribution in [0.3, 0.4) is 0 Å². The molecule has 122 valence electrons. The molecule has 0 spiro atoms. The maximum absolute atomic E-state index is 5.26. The highest BCUT2D eigenvalue weighted by atomic mass is 16.5. The highest BCUT2D eigenvalue weighted by Crippen LogP contribution is 2.31. The van der Waals surface area contributed by atoms with Crippen LogP contribution in [0.4, 0.5) is 0 Å². The molecule has 4 heteroatoms. The van der Waals surface area contributed by atoms with Gasteiger partial charge in [0, 0.05) is 17.7 Å². The molecule has 0 amide bonds. The SMILES string of the molecule is COc1ccc(-c2nc(-c3ccccc3)nn2CC2CCC2)cc1. The molecule has 1 heterocycles. The summed E-state index contributed by atoms with van der Waals surface area (Å²) < 4.78 is 7.34. The molecular formula is C20H21N3O. The summed E-state index contributed by atoms with van der Waals surface area (Å²) in [6.45, 7) is 0.946. The Balaban J connectivity index is 1.73. The Morgan fingerprint density at radius 3 is 2.38 bits per heavy atom. The van der Waals surface area contributed by atoms with Crippen LogP contribution in [0.15, 0.2) is 54.6 Å². The Labute approximate surface area is 142 Å². The Morgan fingerprint density at radius 1 is 1.00 bits per heavy atom. The van der Waals surface area contributed by atoms with E-state index in [-0.39, 0.29) is 0 Å². The number of nitrogens with zero attached hydrogens (tertiary/aromatic N) is 3. The highest BCUT2D eigenvalue weighted by Gasteiger charge is 2.21. The van der Waals surface area contributed by atoms with Crippen molar-refractivity contribution in [3.63, 3.8) is 0 Å². The molecule has 0 aliphatic heterocycles. The monoisotopic (exact) mass is 319 g/mol. The minimum Gasteiger partial charge on any atom is -0.497 e. The lowest BCUT2D eigenvalue weighted by Crippen LogP contribution is -2.19. The van der Waals surface area contributed by atoms with Crippen molar-refractivity contribution in [3.05, 3.63) is 54.6 Å². The van der Waals surface area contributed by atoms with Crippen LogP contribution in [0.2, 0.25) is 0 Å². The van der Waals surface area contributed by atoms with E-state index < -0.39 is 0 Å². The molecule has 0 N–H and O–H groups in total. The van der Waals surface area contributed by atoms with E-state index in [0.29, 0.717) is 0 Å². The minimum atomic E-state index is 0.729. The molecule has 0 unspecified atom stereocenters. The van der Waals surface area contributed by atoms with Crippen molar-refractivity contribution in [2.24, 2.45) is 5.92 Å². The van der Waals surface area contributed by atoms with Gasteiger partial charge in [-0.2, -0.15) is 5.10 Å². The van der Waals surface area contributed by atoms with Gasteiger partial charge in [-0.05, 0) is 43.0 Å². The first-order valence-corrected chi connectivity index (χ1v) is 8.48. The van der Waals surface area contributed by atoms with E-state index in [9.17, 15) is 0 Å². The predicted octanol–water partition coefficient (Wildman–Crippen LogP) is 4.42. The van der Waals surface area contributed by atoms with Gasteiger partial charge in [0.2, 0.25) is 0 Å². The zero-order chi connectivity index (χ0) is 16.4. The Morgan fingerprint density at radius 2 is 1.75 bits per heavy atom. The molecule has 1 fully saturated rings. The van der Waals surface area contributed by atoms with Crippen LogP contribution < -0.4 is 4.74 Å². The molecule has 0 atom stereocenters. The molecule has 2 aromatic carbocycles. The van der Waals surface area contributed by atoms with Gasteiger partial charge in [0.1, 0.15) is 5.75 Å². The fourth-order valence-electron chi connectivity index (χ4n) is 3.05. The van der Waals surface area contributed by atoms with E-state index in [1.54, 1.807) is 7.11 Å². The van der Waals surface area contributed by atoms with E-state index in [4.69, 9.17) is 14.8 Å². The van der Waals surface area contributed by atoms with Gasteiger partial charge in [0.15, 0.2) is 11.6 Å². The van der Waals surface area contributed by atoms with Crippen LogP contribution in [0.1, 0.15) is 19.3 Å². The van der Waals surface area contributed by atoms with Crippen molar-refractivity contribution in [2.45, 2.75) is 25.8 Å². The molecule has 4 nitrogen and oxygen atoms in total. The second kappa shape index (κ2) is 6.48. The predicted molar refractivity (Wildman–Crippen MR) is 94.8 cm³/mol. The summed E-state index contributed by atoms with van der Waals surface area (Å²) >= 11 is 0. The van der Waals surface area contributed by atoms with E-state index in [2.05, 4.69) is 28.9 Å². The minimum absolute atomic E-state index is 0.729. The fraction of sp³-hybridized carbons (Fsp3) is 0.300. The summed E-state index contributed by atoms with van der Waals surface area (Å²) in [7, 11) is 1.68. The molecule has 24 heavy (non-hydrogen) atoms. The van der Waals surface area contributed by atoms with Crippen molar-refractivity contribution >= 4 is 0 Å². The first kappa shape index (κ1) is 14.9. The smallest absolute Gasteiger partial charge is 0.181 e. The van der Waals surface area contributed by atoms with Crippen molar-refractivity contribution < 1.29 is 4.74 Å². The molecule has 1 aliphatic carbocycles. The number of rotatable bonds is 5. The van der Waals surface area contributed by atoms with Crippen LogP contribution in [0.25, 0.3) is 22.8 Å². The summed E-state index contributed by atoms with van der Waals surface area (Å²) in [6.07, 6.45) is 3.92. The fourth-order valence-corrected chi connectivity index (χ4v) is 3.05. The van der Waals surface area contributed by atoms with Gasteiger partial charge in [-0.3, -0.25) is 0 Å². The summed E-state index contributed by atoms with van der Waals surface area (Å²) in [5.74, 6) is 3.31. The Hall–Kier alpha value is -2.62. The average molecular weight is 319 g/mol. The van der Waals surface area contributed by atoms with Crippen molar-refractivity contribution in [3.8, 4) is 28.5 Å². The van der Waals surface area contributed by atoms with Crippen molar-refractivity contribution in [1.29, 1.82) is 0 Å². The molecule has 1 aliphatic rings. The van der Waals surface area contributed by atoms with Gasteiger partial charge < -0.3 is 4.74 Å². The number of benzene rings is 2. The second-order valence-electron chi connectivity index (χ2n) is 6.33. The Bertz CT molecular complexity index is 805. The average Bonchev–Trinajstić information content (AvgIpc) is 3.03. The number of ether oxygens (including phenoxy) is 1. The van der Waals surface area contributed by atoms with Gasteiger partial charge in [-0.1, -0.05) is 36.8 Å². The molecule has 1 aromatic heterocycles. The zero-order valence-corrected chi connectivity index (χ0v) is 13.9. The van der Waals surface area contributed by atoms with Gasteiger partial charge in [-0.15, -0.1) is 0 Å². The van der Waals surface area contributed by atoms with Gasteiger partial charge >= 0.3 is 0 Å². The molecule has 1 saturated carbocycles. The van der Waals surface area contributed by atoms with Crippen LogP contribution in [0.5, 0.6) is 5.75 Å². The maximum Gasteiger partial charge on any atom is 0.181 e. The Kier molecular flexibility index (Phi) is 4.03. The lowest BCUT2D eigenvalue weighted by molar-refractivity contribution is 0.268. The standard InChI is InChI=1S/C20H21N3O/c1-24-18-12-10-17(11-13-18)20-21-19(16-8-3-2-4-9-16)22-23(20)14-15-6-5-7-15/h2-4,8-13,15H,5-7,14H2,1H3. The number of aromatic nitrogens is 3. The molecule has 0 saturated heterocycles. The lowest BCUT2D eigenvalue weighted by Gasteiger charge is -2.25. The van der Waals surface area contributed by atoms with Gasteiger partial charge in [-0.25, -0.2) is 9.67 Å². The van der Waals surface area contributed by atoms with Crippen LogP contribution in [-0.2, 0) is 6.54 Å². The number of methoxy groups -OCH3 is 1. The quantitative estimate of drug-likeness (QED) is 0.699. The summed E-state index contributed by atoms with van der Waals surface area (Å²) in [5.41, 5.74) is 2.13. The summed E-state index contributed by atoms with van der Waals surface area (Å²) in [5, 5.41) is 4.80. The summed E-state index contributed by atoms with van der Waals surface area (Å²) in [4.78, 5) is 4.83. The zero-order valence-electron chi connectivity index (χ0n) is 13.9. The van der Waals surface area contributed by atoms with Crippen LogP contribution in [-0.4, -0.2) is 21.9 Å². The maximum atomic E-state index is 5.26. The number of hydrogen-bond acceptors (Lipinski definition) is 3. The van der Waals surface area contributed by atoms with Gasteiger partial charge in [0.25, 0.3) is 0 Å². The third-order valence-electron chi connectivity index (χ3n) is 4.71. The molecule has 0 radical (unpaired) electrons. The highest BCUT2D eigenvalue weighted by molar-refractivity contribution is 5.62. The normalized spacial score (nSPS) is 14.4. The third-order valence-corrected chi connectivity index (χ3v) is 4.71. The third kappa shape index (κ3) is 2.92. The van der Waals surface area contributed by atoms with E-state index in [1.807, 2.05) is 30.3 Å². The van der Waals surface area contributed by atoms with Crippen LogP contribution >= 0.6 is 0 Å². The largest absolute Gasteiger partial charge is 0.497 e. The van der Waals surface area contributed by atoms with Gasteiger partial charge in [0.05, 0.1) is 7.11 Å². The second-order valence-corrected chi connectivity index (χ2v) is 6.33. The topological polar surface area (TPSA) is 39.9 Å². The first-order valence-electron chi connectivity index (χ1n) is 8.48.